The standard InChI is InChI=1S/C19H16N2S/c1-13-11-17(14-7-3-2-4-8-14)22-19(13)18-15-9-5-6-10-16(15)20-12-21-18/h2-12,18H,1H3,(H,20,21). The molecule has 2 aromatic carbocycles. The normalized spacial score (nSPS) is 16.1. The van der Waals surface area contributed by atoms with Crippen LogP contribution in [0.4, 0.5) is 5.69 Å². The highest BCUT2D eigenvalue weighted by Gasteiger charge is 2.22. The molecule has 1 N–H and O–H groups in total. The van der Waals surface area contributed by atoms with E-state index in [2.05, 4.69) is 71.8 Å². The van der Waals surface area contributed by atoms with Gasteiger partial charge in [-0.1, -0.05) is 48.5 Å². The zero-order valence-corrected chi connectivity index (χ0v) is 13.1. The number of benzene rings is 2. The van der Waals surface area contributed by atoms with Gasteiger partial charge in [-0.25, -0.2) is 4.99 Å². The van der Waals surface area contributed by atoms with Crippen LogP contribution in [0.1, 0.15) is 22.0 Å². The van der Waals surface area contributed by atoms with Crippen LogP contribution in [0.15, 0.2) is 65.7 Å². The van der Waals surface area contributed by atoms with E-state index in [1.165, 1.54) is 26.4 Å². The van der Waals surface area contributed by atoms with Gasteiger partial charge in [0.1, 0.15) is 0 Å². The molecule has 0 spiro atoms. The molecule has 22 heavy (non-hydrogen) atoms. The Kier molecular flexibility index (Phi) is 3.28. The lowest BCUT2D eigenvalue weighted by Crippen LogP contribution is -2.23. The van der Waals surface area contributed by atoms with Crippen LogP contribution >= 0.6 is 11.3 Å². The van der Waals surface area contributed by atoms with E-state index in [9.17, 15) is 0 Å². The van der Waals surface area contributed by atoms with Crippen molar-refractivity contribution in [2.45, 2.75) is 13.0 Å². The van der Waals surface area contributed by atoms with Crippen molar-refractivity contribution in [1.82, 2.24) is 5.32 Å². The van der Waals surface area contributed by atoms with Gasteiger partial charge in [-0.05, 0) is 30.2 Å². The lowest BCUT2D eigenvalue weighted by Gasteiger charge is -2.22. The Balaban J connectivity index is 1.78. The molecule has 2 heterocycles. The molecule has 4 rings (SSSR count). The summed E-state index contributed by atoms with van der Waals surface area (Å²) in [5.74, 6) is 0. The Hall–Kier alpha value is -2.39. The second-order valence-corrected chi connectivity index (χ2v) is 6.52. The molecular weight excluding hydrogens is 288 g/mol. The van der Waals surface area contributed by atoms with Gasteiger partial charge >= 0.3 is 0 Å². The third kappa shape index (κ3) is 2.24. The molecule has 108 valence electrons. The van der Waals surface area contributed by atoms with Crippen molar-refractivity contribution < 1.29 is 0 Å². The molecule has 0 saturated heterocycles. The highest BCUT2D eigenvalue weighted by Crippen LogP contribution is 2.40. The van der Waals surface area contributed by atoms with Gasteiger partial charge < -0.3 is 5.32 Å². The van der Waals surface area contributed by atoms with Gasteiger partial charge in [0.15, 0.2) is 0 Å². The predicted octanol–water partition coefficient (Wildman–Crippen LogP) is 5.08. The van der Waals surface area contributed by atoms with Crippen LogP contribution in [0.25, 0.3) is 10.4 Å². The average Bonchev–Trinajstić information content (AvgIpc) is 2.97. The Labute approximate surface area is 134 Å². The summed E-state index contributed by atoms with van der Waals surface area (Å²) in [6.07, 6.45) is 1.81. The summed E-state index contributed by atoms with van der Waals surface area (Å²) >= 11 is 1.86. The molecule has 3 aromatic rings. The van der Waals surface area contributed by atoms with Crippen LogP contribution in [-0.4, -0.2) is 6.34 Å². The number of hydrogen-bond acceptors (Lipinski definition) is 3. The number of rotatable bonds is 2. The lowest BCUT2D eigenvalue weighted by molar-refractivity contribution is 0.772. The summed E-state index contributed by atoms with van der Waals surface area (Å²) in [6.45, 7) is 2.19. The number of aryl methyl sites for hydroxylation is 1. The van der Waals surface area contributed by atoms with E-state index < -0.39 is 0 Å². The van der Waals surface area contributed by atoms with Crippen molar-refractivity contribution in [3.05, 3.63) is 76.7 Å². The van der Waals surface area contributed by atoms with Gasteiger partial charge in [-0.2, -0.15) is 0 Å². The van der Waals surface area contributed by atoms with Crippen molar-refractivity contribution >= 4 is 23.4 Å². The Bertz CT molecular complexity index is 834. The number of thiophene rings is 1. The molecule has 2 nitrogen and oxygen atoms in total. The van der Waals surface area contributed by atoms with Gasteiger partial charge in [0.2, 0.25) is 0 Å². The van der Waals surface area contributed by atoms with Crippen molar-refractivity contribution in [3.8, 4) is 10.4 Å². The topological polar surface area (TPSA) is 24.4 Å². The Morgan fingerprint density at radius 2 is 1.77 bits per heavy atom. The number of aliphatic imine (C=N–C) groups is 1. The zero-order chi connectivity index (χ0) is 14.9. The first kappa shape index (κ1) is 13.3. The van der Waals surface area contributed by atoms with E-state index in [4.69, 9.17) is 0 Å². The van der Waals surface area contributed by atoms with E-state index in [0.717, 1.165) is 5.69 Å². The van der Waals surface area contributed by atoms with Crippen molar-refractivity contribution in [2.75, 3.05) is 0 Å². The van der Waals surface area contributed by atoms with Crippen LogP contribution in [0.5, 0.6) is 0 Å². The Morgan fingerprint density at radius 3 is 2.64 bits per heavy atom. The smallest absolute Gasteiger partial charge is 0.0894 e. The first-order valence-corrected chi connectivity index (χ1v) is 8.18. The summed E-state index contributed by atoms with van der Waals surface area (Å²) < 4.78 is 0. The van der Waals surface area contributed by atoms with E-state index >= 15 is 0 Å². The van der Waals surface area contributed by atoms with Crippen LogP contribution < -0.4 is 5.32 Å². The maximum Gasteiger partial charge on any atom is 0.0894 e. The molecule has 0 radical (unpaired) electrons. The first-order chi connectivity index (χ1) is 10.8. The monoisotopic (exact) mass is 304 g/mol. The van der Waals surface area contributed by atoms with Crippen molar-refractivity contribution in [2.24, 2.45) is 4.99 Å². The van der Waals surface area contributed by atoms with Gasteiger partial charge in [-0.3, -0.25) is 0 Å². The summed E-state index contributed by atoms with van der Waals surface area (Å²) in [5, 5.41) is 3.42. The van der Waals surface area contributed by atoms with Gasteiger partial charge in [0.25, 0.3) is 0 Å². The van der Waals surface area contributed by atoms with Crippen LogP contribution in [0.3, 0.4) is 0 Å². The fourth-order valence-corrected chi connectivity index (χ4v) is 4.12. The number of nitrogens with one attached hydrogen (secondary N) is 1. The van der Waals surface area contributed by atoms with Crippen molar-refractivity contribution in [1.29, 1.82) is 0 Å². The van der Waals surface area contributed by atoms with Crippen LogP contribution in [0, 0.1) is 6.92 Å². The van der Waals surface area contributed by atoms with E-state index in [1.807, 2.05) is 23.7 Å². The minimum Gasteiger partial charge on any atom is -0.364 e. The molecule has 3 heteroatoms. The van der Waals surface area contributed by atoms with Crippen LogP contribution in [-0.2, 0) is 0 Å². The fourth-order valence-electron chi connectivity index (χ4n) is 2.86. The molecule has 1 aromatic heterocycles. The highest BCUT2D eigenvalue weighted by molar-refractivity contribution is 7.15. The average molecular weight is 304 g/mol. The number of hydrogen-bond donors (Lipinski definition) is 1. The first-order valence-electron chi connectivity index (χ1n) is 7.36. The number of para-hydroxylation sites is 1. The highest BCUT2D eigenvalue weighted by atomic mass is 32.1. The minimum absolute atomic E-state index is 0.191. The largest absolute Gasteiger partial charge is 0.364 e. The Morgan fingerprint density at radius 1 is 1.00 bits per heavy atom. The van der Waals surface area contributed by atoms with E-state index in [0.29, 0.717) is 0 Å². The molecule has 1 aliphatic heterocycles. The number of nitrogens with zero attached hydrogens (tertiary/aromatic N) is 1. The second-order valence-electron chi connectivity index (χ2n) is 5.44. The van der Waals surface area contributed by atoms with Crippen molar-refractivity contribution in [3.63, 3.8) is 0 Å². The van der Waals surface area contributed by atoms with E-state index in [1.54, 1.807) is 0 Å². The fraction of sp³-hybridized carbons (Fsp3) is 0.105. The SMILES string of the molecule is Cc1cc(-c2ccccc2)sc1C1NC=Nc2ccccc21. The quantitative estimate of drug-likeness (QED) is 0.702. The maximum absolute atomic E-state index is 4.43. The summed E-state index contributed by atoms with van der Waals surface area (Å²) in [4.78, 5) is 7.11. The summed E-state index contributed by atoms with van der Waals surface area (Å²) in [7, 11) is 0. The van der Waals surface area contributed by atoms with Gasteiger partial charge in [0, 0.05) is 15.3 Å². The molecule has 0 aliphatic carbocycles. The maximum atomic E-state index is 4.43. The molecule has 0 fully saturated rings. The van der Waals surface area contributed by atoms with Crippen LogP contribution in [0.2, 0.25) is 0 Å². The second kappa shape index (κ2) is 5.43. The molecule has 1 aliphatic rings. The number of fused-ring (bicyclic) bond motifs is 1. The minimum atomic E-state index is 0.191. The summed E-state index contributed by atoms with van der Waals surface area (Å²) in [5.41, 5.74) is 4.90. The van der Waals surface area contributed by atoms with Gasteiger partial charge in [0.05, 0.1) is 18.1 Å². The molecular formula is C19H16N2S. The third-order valence-electron chi connectivity index (χ3n) is 3.97. The molecule has 0 bridgehead atoms. The lowest BCUT2D eigenvalue weighted by atomic mass is 10.00. The predicted molar refractivity (Wildman–Crippen MR) is 94.1 cm³/mol. The zero-order valence-electron chi connectivity index (χ0n) is 12.3. The molecule has 1 atom stereocenters. The van der Waals surface area contributed by atoms with E-state index in [-0.39, 0.29) is 6.04 Å². The summed E-state index contributed by atoms with van der Waals surface area (Å²) in [6, 6.07) is 21.4. The molecule has 0 amide bonds. The molecule has 1 unspecified atom stereocenters. The third-order valence-corrected chi connectivity index (χ3v) is 5.32. The molecule has 0 saturated carbocycles. The van der Waals surface area contributed by atoms with Gasteiger partial charge in [-0.15, -0.1) is 11.3 Å².